The third kappa shape index (κ3) is 5.00. The van der Waals surface area contributed by atoms with Crippen molar-refractivity contribution in [2.24, 2.45) is 0 Å². The highest BCUT2D eigenvalue weighted by molar-refractivity contribution is 6.30. The Bertz CT molecular complexity index is 983. The van der Waals surface area contributed by atoms with Gasteiger partial charge in [-0.15, -0.1) is 0 Å². The molecule has 1 unspecified atom stereocenters. The third-order valence-corrected chi connectivity index (χ3v) is 6.51. The van der Waals surface area contributed by atoms with Crippen molar-refractivity contribution in [3.8, 4) is 0 Å². The summed E-state index contributed by atoms with van der Waals surface area (Å²) in [6.07, 6.45) is 6.51. The summed E-state index contributed by atoms with van der Waals surface area (Å²) in [7, 11) is 0. The number of benzene rings is 2. The second-order valence-electron chi connectivity index (χ2n) is 8.44. The Balaban J connectivity index is 1.32. The van der Waals surface area contributed by atoms with Gasteiger partial charge in [0.05, 0.1) is 11.7 Å². The Morgan fingerprint density at radius 1 is 1.00 bits per heavy atom. The van der Waals surface area contributed by atoms with E-state index in [0.717, 1.165) is 41.6 Å². The molecule has 1 saturated carbocycles. The lowest BCUT2D eigenvalue weighted by molar-refractivity contribution is 0.291. The molecule has 3 nitrogen and oxygen atoms in total. The second-order valence-corrected chi connectivity index (χ2v) is 8.87. The molecule has 0 radical (unpaired) electrons. The van der Waals surface area contributed by atoms with Gasteiger partial charge in [0.25, 0.3) is 0 Å². The van der Waals surface area contributed by atoms with Gasteiger partial charge in [-0.2, -0.15) is 0 Å². The molecule has 1 heterocycles. The van der Waals surface area contributed by atoms with Crippen LogP contribution in [0.4, 0.5) is 4.39 Å². The zero-order valence-electron chi connectivity index (χ0n) is 17.5. The van der Waals surface area contributed by atoms with E-state index in [4.69, 9.17) is 11.6 Å². The molecule has 2 aromatic carbocycles. The van der Waals surface area contributed by atoms with Crippen LogP contribution in [0.1, 0.15) is 62.6 Å². The lowest BCUT2D eigenvalue weighted by atomic mass is 9.80. The first-order chi connectivity index (χ1) is 14.5. The van der Waals surface area contributed by atoms with E-state index in [1.807, 2.05) is 18.3 Å². The lowest BCUT2D eigenvalue weighted by Crippen LogP contribution is -2.47. The maximum absolute atomic E-state index is 13.8. The van der Waals surface area contributed by atoms with Crippen LogP contribution in [0.15, 0.2) is 54.7 Å². The third-order valence-electron chi connectivity index (χ3n) is 6.26. The lowest BCUT2D eigenvalue weighted by Gasteiger charge is -2.33. The van der Waals surface area contributed by atoms with Crippen LogP contribution in [-0.2, 0) is 0 Å². The number of nitrogens with zero attached hydrogens (tertiary/aromatic N) is 1. The predicted molar refractivity (Wildman–Crippen MR) is 122 cm³/mol. The number of hydrogen-bond donors (Lipinski definition) is 2. The molecule has 1 fully saturated rings. The van der Waals surface area contributed by atoms with Gasteiger partial charge in [-0.05, 0) is 93.0 Å². The Morgan fingerprint density at radius 2 is 1.73 bits per heavy atom. The minimum Gasteiger partial charge on any atom is -0.299 e. The molecule has 4 rings (SSSR count). The van der Waals surface area contributed by atoms with E-state index in [1.54, 1.807) is 12.1 Å². The molecule has 1 aliphatic carbocycles. The molecule has 2 atom stereocenters. The first-order valence-electron chi connectivity index (χ1n) is 10.8. The number of halogens is 2. The van der Waals surface area contributed by atoms with Crippen molar-refractivity contribution < 1.29 is 4.39 Å². The molecule has 0 bridgehead atoms. The summed E-state index contributed by atoms with van der Waals surface area (Å²) in [5.41, 5.74) is 3.34. The first-order valence-corrected chi connectivity index (χ1v) is 11.2. The maximum Gasteiger partial charge on any atom is 0.123 e. The van der Waals surface area contributed by atoms with Crippen molar-refractivity contribution in [2.75, 3.05) is 0 Å². The van der Waals surface area contributed by atoms with Crippen molar-refractivity contribution >= 4 is 22.5 Å². The molecule has 0 spiro atoms. The topological polar surface area (TPSA) is 37.0 Å². The van der Waals surface area contributed by atoms with Crippen LogP contribution in [0.25, 0.3) is 10.9 Å². The minimum absolute atomic E-state index is 0.193. The summed E-state index contributed by atoms with van der Waals surface area (Å²) < 4.78 is 13.8. The molecule has 30 heavy (non-hydrogen) atoms. The fraction of sp³-hybridized carbons (Fsp3) is 0.400. The summed E-state index contributed by atoms with van der Waals surface area (Å²) >= 11 is 5.99. The van der Waals surface area contributed by atoms with E-state index in [-0.39, 0.29) is 18.0 Å². The monoisotopic (exact) mass is 425 g/mol. The van der Waals surface area contributed by atoms with Crippen molar-refractivity contribution in [1.29, 1.82) is 0 Å². The Kier molecular flexibility index (Phi) is 6.67. The average Bonchev–Trinajstić information content (AvgIpc) is 2.74. The zero-order chi connectivity index (χ0) is 21.1. The molecule has 5 heteroatoms. The van der Waals surface area contributed by atoms with E-state index in [1.165, 1.54) is 17.2 Å². The van der Waals surface area contributed by atoms with Crippen molar-refractivity contribution in [3.05, 3.63) is 76.7 Å². The average molecular weight is 426 g/mol. The molecular weight excluding hydrogens is 397 g/mol. The SMILES string of the molecule is CC(N[C@@H](C)c1ccc(Cl)cc1)N[C@H]1CC[C@H](c2ccnc3ccc(F)cc32)CC1. The predicted octanol–water partition coefficient (Wildman–Crippen LogP) is 6.34. The van der Waals surface area contributed by atoms with Crippen LogP contribution in [-0.4, -0.2) is 17.2 Å². The maximum atomic E-state index is 13.8. The quantitative estimate of drug-likeness (QED) is 0.452. The number of fused-ring (bicyclic) bond motifs is 1. The Hall–Kier alpha value is -2.01. The molecule has 0 saturated heterocycles. The van der Waals surface area contributed by atoms with Gasteiger partial charge < -0.3 is 0 Å². The van der Waals surface area contributed by atoms with Gasteiger partial charge in [0.1, 0.15) is 5.82 Å². The van der Waals surface area contributed by atoms with Gasteiger partial charge in [-0.25, -0.2) is 4.39 Å². The number of pyridine rings is 1. The van der Waals surface area contributed by atoms with Crippen LogP contribution in [0, 0.1) is 5.82 Å². The van der Waals surface area contributed by atoms with Gasteiger partial charge >= 0.3 is 0 Å². The fourth-order valence-corrected chi connectivity index (χ4v) is 4.82. The highest BCUT2D eigenvalue weighted by atomic mass is 35.5. The Labute approximate surface area is 183 Å². The van der Waals surface area contributed by atoms with Crippen molar-refractivity contribution in [1.82, 2.24) is 15.6 Å². The smallest absolute Gasteiger partial charge is 0.123 e. The number of aromatic nitrogens is 1. The molecule has 0 aliphatic heterocycles. The van der Waals surface area contributed by atoms with E-state index in [2.05, 4.69) is 47.7 Å². The van der Waals surface area contributed by atoms with Gasteiger partial charge in [-0.3, -0.25) is 15.6 Å². The Morgan fingerprint density at radius 3 is 2.47 bits per heavy atom. The standard InChI is InChI=1S/C25H29ClFN3/c1-16(18-3-7-20(26)8-4-18)29-17(2)30-22-10-5-19(6-11-22)23-13-14-28-25-12-9-21(27)15-24(23)25/h3-4,7-9,12-17,19,22,29-30H,5-6,10-11H2,1-2H3/t16-,17?,19-,22-/m0/s1. The van der Waals surface area contributed by atoms with Crippen LogP contribution in [0.3, 0.4) is 0 Å². The van der Waals surface area contributed by atoms with Crippen molar-refractivity contribution in [3.63, 3.8) is 0 Å². The van der Waals surface area contributed by atoms with Crippen LogP contribution < -0.4 is 10.6 Å². The van der Waals surface area contributed by atoms with Gasteiger partial charge in [0.2, 0.25) is 0 Å². The molecule has 0 amide bonds. The summed E-state index contributed by atoms with van der Waals surface area (Å²) in [6, 6.07) is 15.7. The van der Waals surface area contributed by atoms with Gasteiger partial charge in [0, 0.05) is 28.7 Å². The normalized spacial score (nSPS) is 21.5. The van der Waals surface area contributed by atoms with Gasteiger partial charge in [0.15, 0.2) is 0 Å². The van der Waals surface area contributed by atoms with Gasteiger partial charge in [-0.1, -0.05) is 23.7 Å². The van der Waals surface area contributed by atoms with Crippen LogP contribution >= 0.6 is 11.6 Å². The summed E-state index contributed by atoms with van der Waals surface area (Å²) in [5, 5.41) is 9.09. The summed E-state index contributed by atoms with van der Waals surface area (Å²) in [6.45, 7) is 4.35. The highest BCUT2D eigenvalue weighted by Gasteiger charge is 2.25. The number of rotatable bonds is 6. The molecule has 2 N–H and O–H groups in total. The number of hydrogen-bond acceptors (Lipinski definition) is 3. The second kappa shape index (κ2) is 9.42. The minimum atomic E-state index is -0.193. The van der Waals surface area contributed by atoms with Crippen molar-refractivity contribution in [2.45, 2.75) is 63.7 Å². The van der Waals surface area contributed by atoms with E-state index < -0.39 is 0 Å². The highest BCUT2D eigenvalue weighted by Crippen LogP contribution is 2.36. The largest absolute Gasteiger partial charge is 0.299 e. The van der Waals surface area contributed by atoms with E-state index in [0.29, 0.717) is 12.0 Å². The molecule has 1 aromatic heterocycles. The van der Waals surface area contributed by atoms with Crippen LogP contribution in [0.2, 0.25) is 5.02 Å². The summed E-state index contributed by atoms with van der Waals surface area (Å²) in [4.78, 5) is 4.39. The van der Waals surface area contributed by atoms with E-state index in [9.17, 15) is 4.39 Å². The fourth-order valence-electron chi connectivity index (χ4n) is 4.69. The molecule has 158 valence electrons. The van der Waals surface area contributed by atoms with E-state index >= 15 is 0 Å². The zero-order valence-corrected chi connectivity index (χ0v) is 18.3. The summed E-state index contributed by atoms with van der Waals surface area (Å²) in [5.74, 6) is 0.272. The first kappa shape index (κ1) is 21.2. The molecule has 1 aliphatic rings. The number of nitrogens with one attached hydrogen (secondary N) is 2. The molecule has 3 aromatic rings. The molecular formula is C25H29ClFN3. The van der Waals surface area contributed by atoms with Crippen LogP contribution in [0.5, 0.6) is 0 Å².